The van der Waals surface area contributed by atoms with Gasteiger partial charge < -0.3 is 5.32 Å². The van der Waals surface area contributed by atoms with E-state index in [4.69, 9.17) is 0 Å². The molecule has 0 spiro atoms. The first kappa shape index (κ1) is 18.4. The average molecular weight is 375 g/mol. The van der Waals surface area contributed by atoms with E-state index in [-0.39, 0.29) is 23.0 Å². The molecule has 0 saturated heterocycles. The molecule has 2 aromatic rings. The average Bonchev–Trinajstić information content (AvgIpc) is 3.27. The largest absolute Gasteiger partial charge is 0.320 e. The van der Waals surface area contributed by atoms with Gasteiger partial charge in [0.1, 0.15) is 11.5 Å². The van der Waals surface area contributed by atoms with E-state index in [1.54, 1.807) is 19.1 Å². The lowest BCUT2D eigenvalue weighted by Gasteiger charge is -2.06. The Kier molecular flexibility index (Phi) is 5.87. The second-order valence-electron chi connectivity index (χ2n) is 6.53. The van der Waals surface area contributed by atoms with Crippen LogP contribution in [0, 0.1) is 23.0 Å². The third-order valence-corrected chi connectivity index (χ3v) is 5.27. The zero-order chi connectivity index (χ0) is 18.5. The Balaban J connectivity index is 1.53. The number of hydrogen-bond acceptors (Lipinski definition) is 6. The van der Waals surface area contributed by atoms with Crippen LogP contribution in [0.5, 0.6) is 0 Å². The number of nitro benzene ring substituents is 1. The molecular formula is C17H21N5O3S. The molecule has 8 nitrogen and oxygen atoms in total. The number of rotatable bonds is 7. The molecule has 1 aromatic heterocycles. The van der Waals surface area contributed by atoms with Crippen molar-refractivity contribution in [2.45, 2.75) is 44.2 Å². The quantitative estimate of drug-likeness (QED) is 0.435. The number of carbonyl (C=O) groups is 1. The van der Waals surface area contributed by atoms with Crippen LogP contribution in [0.1, 0.15) is 37.1 Å². The van der Waals surface area contributed by atoms with Gasteiger partial charge in [-0.3, -0.25) is 20.0 Å². The minimum Gasteiger partial charge on any atom is -0.320 e. The molecule has 3 rings (SSSR count). The number of aryl methyl sites for hydroxylation is 1. The number of aromatic nitrogens is 3. The van der Waals surface area contributed by atoms with E-state index in [9.17, 15) is 14.9 Å². The Hall–Kier alpha value is -2.42. The van der Waals surface area contributed by atoms with Gasteiger partial charge in [-0.05, 0) is 24.5 Å². The van der Waals surface area contributed by atoms with Gasteiger partial charge >= 0.3 is 0 Å². The molecule has 9 heteroatoms. The maximum absolute atomic E-state index is 12.1. The number of nitrogens with one attached hydrogen (secondary N) is 2. The predicted molar refractivity (Wildman–Crippen MR) is 99.2 cm³/mol. The monoisotopic (exact) mass is 375 g/mol. The van der Waals surface area contributed by atoms with Crippen molar-refractivity contribution in [3.8, 4) is 0 Å². The van der Waals surface area contributed by atoms with Gasteiger partial charge in [-0.2, -0.15) is 0 Å². The number of nitrogens with zero attached hydrogens (tertiary/aromatic N) is 3. The smallest absolute Gasteiger partial charge is 0.293 e. The molecule has 0 radical (unpaired) electrons. The summed E-state index contributed by atoms with van der Waals surface area (Å²) in [6.45, 7) is 1.76. The SMILES string of the molecule is Cc1ccc(NC(=O)CSc2n[nH]c(CC3CCCC3)n2)c([N+](=O)[O-])c1. The van der Waals surface area contributed by atoms with Crippen molar-refractivity contribution in [3.05, 3.63) is 39.7 Å². The van der Waals surface area contributed by atoms with E-state index in [1.807, 2.05) is 0 Å². The molecule has 1 fully saturated rings. The highest BCUT2D eigenvalue weighted by Crippen LogP contribution is 2.28. The number of benzene rings is 1. The van der Waals surface area contributed by atoms with Crippen LogP contribution in [-0.2, 0) is 11.2 Å². The van der Waals surface area contributed by atoms with Crippen LogP contribution in [0.2, 0.25) is 0 Å². The maximum atomic E-state index is 12.1. The molecule has 0 unspecified atom stereocenters. The van der Waals surface area contributed by atoms with Crippen LogP contribution in [0.4, 0.5) is 11.4 Å². The van der Waals surface area contributed by atoms with Crippen LogP contribution in [0.15, 0.2) is 23.4 Å². The number of aromatic amines is 1. The van der Waals surface area contributed by atoms with Crippen molar-refractivity contribution in [1.82, 2.24) is 15.2 Å². The normalized spacial score (nSPS) is 14.5. The molecule has 26 heavy (non-hydrogen) atoms. The molecular weight excluding hydrogens is 354 g/mol. The van der Waals surface area contributed by atoms with E-state index >= 15 is 0 Å². The van der Waals surface area contributed by atoms with Crippen LogP contribution >= 0.6 is 11.8 Å². The molecule has 1 aromatic carbocycles. The molecule has 1 aliphatic carbocycles. The first-order chi connectivity index (χ1) is 12.5. The van der Waals surface area contributed by atoms with E-state index in [0.29, 0.717) is 11.1 Å². The van der Waals surface area contributed by atoms with Gasteiger partial charge in [-0.25, -0.2) is 4.98 Å². The van der Waals surface area contributed by atoms with Crippen molar-refractivity contribution < 1.29 is 9.72 Å². The van der Waals surface area contributed by atoms with Gasteiger partial charge in [0, 0.05) is 12.5 Å². The lowest BCUT2D eigenvalue weighted by atomic mass is 10.0. The molecule has 138 valence electrons. The van der Waals surface area contributed by atoms with Crippen LogP contribution in [0.25, 0.3) is 0 Å². The highest BCUT2D eigenvalue weighted by atomic mass is 32.2. The summed E-state index contributed by atoms with van der Waals surface area (Å²) in [7, 11) is 0. The molecule has 0 atom stereocenters. The van der Waals surface area contributed by atoms with Crippen molar-refractivity contribution in [3.63, 3.8) is 0 Å². The fraction of sp³-hybridized carbons (Fsp3) is 0.471. The zero-order valence-corrected chi connectivity index (χ0v) is 15.3. The maximum Gasteiger partial charge on any atom is 0.293 e. The van der Waals surface area contributed by atoms with Gasteiger partial charge in [0.15, 0.2) is 0 Å². The van der Waals surface area contributed by atoms with Gasteiger partial charge in [0.25, 0.3) is 5.69 Å². The first-order valence-electron chi connectivity index (χ1n) is 8.60. The van der Waals surface area contributed by atoms with Crippen LogP contribution in [0.3, 0.4) is 0 Å². The van der Waals surface area contributed by atoms with Crippen molar-refractivity contribution in [2.24, 2.45) is 5.92 Å². The van der Waals surface area contributed by atoms with E-state index in [1.165, 1.54) is 43.5 Å². The van der Waals surface area contributed by atoms with Crippen molar-refractivity contribution in [1.29, 1.82) is 0 Å². The minimum absolute atomic E-state index is 0.0890. The van der Waals surface area contributed by atoms with Gasteiger partial charge in [-0.15, -0.1) is 5.10 Å². The predicted octanol–water partition coefficient (Wildman–Crippen LogP) is 3.48. The van der Waals surface area contributed by atoms with E-state index in [0.717, 1.165) is 17.8 Å². The summed E-state index contributed by atoms with van der Waals surface area (Å²) in [5.74, 6) is 1.29. The molecule has 2 N–H and O–H groups in total. The van der Waals surface area contributed by atoms with Gasteiger partial charge in [-0.1, -0.05) is 43.5 Å². The highest BCUT2D eigenvalue weighted by molar-refractivity contribution is 7.99. The van der Waals surface area contributed by atoms with E-state index < -0.39 is 4.92 Å². The fourth-order valence-electron chi connectivity index (χ4n) is 3.14. The molecule has 1 amide bonds. The zero-order valence-electron chi connectivity index (χ0n) is 14.5. The Morgan fingerprint density at radius 3 is 2.92 bits per heavy atom. The summed E-state index contributed by atoms with van der Waals surface area (Å²) in [5.41, 5.74) is 0.850. The molecule has 1 saturated carbocycles. The summed E-state index contributed by atoms with van der Waals surface area (Å²) in [4.78, 5) is 27.1. The van der Waals surface area contributed by atoms with Gasteiger partial charge in [0.05, 0.1) is 10.7 Å². The van der Waals surface area contributed by atoms with Crippen LogP contribution < -0.4 is 5.32 Å². The number of carbonyl (C=O) groups excluding carboxylic acids is 1. The van der Waals surface area contributed by atoms with Crippen molar-refractivity contribution >= 4 is 29.0 Å². The minimum atomic E-state index is -0.500. The lowest BCUT2D eigenvalue weighted by molar-refractivity contribution is -0.384. The third-order valence-electron chi connectivity index (χ3n) is 4.42. The topological polar surface area (TPSA) is 114 Å². The first-order valence-corrected chi connectivity index (χ1v) is 9.59. The summed E-state index contributed by atoms with van der Waals surface area (Å²) in [6.07, 6.45) is 5.94. The number of anilines is 1. The summed E-state index contributed by atoms with van der Waals surface area (Å²) in [6, 6.07) is 4.70. The molecule has 0 aliphatic heterocycles. The second-order valence-corrected chi connectivity index (χ2v) is 7.48. The third kappa shape index (κ3) is 4.81. The Bertz CT molecular complexity index is 801. The number of nitro groups is 1. The second kappa shape index (κ2) is 8.31. The standard InChI is InChI=1S/C17H21N5O3S/c1-11-6-7-13(14(8-11)22(24)25)18-16(23)10-26-17-19-15(20-21-17)9-12-4-2-3-5-12/h6-8,12H,2-5,9-10H2,1H3,(H,18,23)(H,19,20,21). The molecule has 1 aliphatic rings. The summed E-state index contributed by atoms with van der Waals surface area (Å²) >= 11 is 1.21. The van der Waals surface area contributed by atoms with Gasteiger partial charge in [0.2, 0.25) is 11.1 Å². The highest BCUT2D eigenvalue weighted by Gasteiger charge is 2.19. The number of hydrogen-bond donors (Lipinski definition) is 2. The van der Waals surface area contributed by atoms with E-state index in [2.05, 4.69) is 20.5 Å². The number of H-pyrrole nitrogens is 1. The molecule has 1 heterocycles. The summed E-state index contributed by atoms with van der Waals surface area (Å²) in [5, 5.41) is 21.3. The number of amides is 1. The fourth-order valence-corrected chi connectivity index (χ4v) is 3.75. The Morgan fingerprint density at radius 2 is 2.19 bits per heavy atom. The number of thioether (sulfide) groups is 1. The van der Waals surface area contributed by atoms with Crippen molar-refractivity contribution in [2.75, 3.05) is 11.1 Å². The Labute approximate surface area is 155 Å². The van der Waals surface area contributed by atoms with Crippen LogP contribution in [-0.4, -0.2) is 31.8 Å². The Morgan fingerprint density at radius 1 is 1.42 bits per heavy atom. The lowest BCUT2D eigenvalue weighted by Crippen LogP contribution is -2.15. The molecule has 0 bridgehead atoms. The summed E-state index contributed by atoms with van der Waals surface area (Å²) < 4.78 is 0.